The number of ether oxygens (including phenoxy) is 2. The lowest BCUT2D eigenvalue weighted by Crippen LogP contribution is -2.39. The van der Waals surface area contributed by atoms with Crippen LogP contribution in [0.2, 0.25) is 0 Å². The average molecular weight is 821 g/mol. The molecular weight excluding hydrogens is 733 g/mol. The summed E-state index contributed by atoms with van der Waals surface area (Å²) < 4.78 is 10.5. The van der Waals surface area contributed by atoms with Crippen molar-refractivity contribution < 1.29 is 38.2 Å². The zero-order valence-corrected chi connectivity index (χ0v) is 40.6. The second-order valence-electron chi connectivity index (χ2n) is 23.5. The van der Waals surface area contributed by atoms with Crippen LogP contribution in [0.25, 0.3) is 0 Å². The second-order valence-corrected chi connectivity index (χ2v) is 23.5. The van der Waals surface area contributed by atoms with Gasteiger partial charge in [0.05, 0.1) is 6.42 Å². The summed E-state index contributed by atoms with van der Waals surface area (Å²) in [6.07, 6.45) is 7.14. The van der Waals surface area contributed by atoms with Gasteiger partial charge in [-0.3, -0.25) is 33.7 Å². The number of esters is 1. The SMILES string of the molecule is CC(C)(C)CC(=O)CCC(=O)N1CCC(C(C)(C)C)C1.CC(C)(C)CC(=O)OCC(=O)N1CCC(C(C)(C)C)C1=O.CC(C)(C)CCCOCCCC(=O)C(C)(C)C. The third-order valence-electron chi connectivity index (χ3n) is 10.4. The molecule has 10 heteroatoms. The van der Waals surface area contributed by atoms with Crippen LogP contribution in [-0.4, -0.2) is 84.5 Å². The van der Waals surface area contributed by atoms with Gasteiger partial charge >= 0.3 is 5.97 Å². The van der Waals surface area contributed by atoms with Gasteiger partial charge in [0, 0.05) is 69.9 Å². The Labute approximate surface area is 355 Å². The van der Waals surface area contributed by atoms with Crippen LogP contribution in [0.3, 0.4) is 0 Å². The topological polar surface area (TPSA) is 127 Å². The molecule has 3 amide bonds. The summed E-state index contributed by atoms with van der Waals surface area (Å²) >= 11 is 0. The fourth-order valence-electron chi connectivity index (χ4n) is 6.73. The Morgan fingerprint density at radius 2 is 1.17 bits per heavy atom. The highest BCUT2D eigenvalue weighted by molar-refractivity contribution is 5.99. The Morgan fingerprint density at radius 3 is 1.62 bits per heavy atom. The van der Waals surface area contributed by atoms with E-state index in [2.05, 4.69) is 62.3 Å². The molecule has 0 spiro atoms. The first-order valence-corrected chi connectivity index (χ1v) is 21.9. The number of hydrogen-bond acceptors (Lipinski definition) is 8. The van der Waals surface area contributed by atoms with Crippen molar-refractivity contribution in [2.45, 2.75) is 189 Å². The van der Waals surface area contributed by atoms with E-state index in [1.165, 1.54) is 11.3 Å². The van der Waals surface area contributed by atoms with E-state index in [0.717, 1.165) is 39.0 Å². The molecule has 2 saturated heterocycles. The lowest BCUT2D eigenvalue weighted by molar-refractivity contribution is -0.156. The standard InChI is InChI=1S/C17H31NO2.C16H27NO4.C15H30O2/c1-16(2,3)11-14(19)7-8-15(20)18-10-9-13(12-18)17(4,5)6;1-15(2,3)9-13(19)21-10-12(18)17-8-7-11(14(17)20)16(4,5)6;1-14(2,3)10-8-12-17-11-7-9-13(16)15(4,5)6/h13H,7-12H2,1-6H3;11H,7-10H2,1-6H3;7-12H2,1-6H3. The molecule has 0 aliphatic carbocycles. The molecule has 0 saturated carbocycles. The summed E-state index contributed by atoms with van der Waals surface area (Å²) in [5.41, 5.74) is 0.135. The summed E-state index contributed by atoms with van der Waals surface area (Å²) in [6.45, 7) is 40.6. The van der Waals surface area contributed by atoms with Gasteiger partial charge in [0.2, 0.25) is 11.8 Å². The molecule has 58 heavy (non-hydrogen) atoms. The molecule has 2 aliphatic rings. The van der Waals surface area contributed by atoms with E-state index in [1.54, 1.807) is 0 Å². The number of nitrogens with zero attached hydrogens (tertiary/aromatic N) is 2. The van der Waals surface area contributed by atoms with Gasteiger partial charge in [0.15, 0.2) is 6.61 Å². The number of carbonyl (C=O) groups excluding carboxylic acids is 6. The predicted octanol–water partition coefficient (Wildman–Crippen LogP) is 10.3. The Kier molecular flexibility index (Phi) is 22.3. The number of ketones is 2. The van der Waals surface area contributed by atoms with Gasteiger partial charge in [0.25, 0.3) is 5.91 Å². The van der Waals surface area contributed by atoms with Crippen molar-refractivity contribution in [3.63, 3.8) is 0 Å². The molecule has 10 nitrogen and oxygen atoms in total. The van der Waals surface area contributed by atoms with Gasteiger partial charge in [-0.25, -0.2) is 0 Å². The Balaban J connectivity index is 0.000000846. The van der Waals surface area contributed by atoms with E-state index < -0.39 is 11.9 Å². The van der Waals surface area contributed by atoms with E-state index in [1.807, 2.05) is 67.2 Å². The van der Waals surface area contributed by atoms with E-state index >= 15 is 0 Å². The Hall–Kier alpha value is -2.62. The third kappa shape index (κ3) is 25.1. The van der Waals surface area contributed by atoms with Gasteiger partial charge in [-0.15, -0.1) is 0 Å². The first-order valence-electron chi connectivity index (χ1n) is 21.9. The van der Waals surface area contributed by atoms with Crippen molar-refractivity contribution in [3.05, 3.63) is 0 Å². The Morgan fingerprint density at radius 1 is 0.621 bits per heavy atom. The van der Waals surface area contributed by atoms with Crippen molar-refractivity contribution in [3.8, 4) is 0 Å². The van der Waals surface area contributed by atoms with Crippen LogP contribution in [0.5, 0.6) is 0 Å². The van der Waals surface area contributed by atoms with Crippen molar-refractivity contribution in [2.75, 3.05) is 39.5 Å². The molecule has 0 aromatic carbocycles. The third-order valence-corrected chi connectivity index (χ3v) is 10.4. The van der Waals surface area contributed by atoms with Crippen molar-refractivity contribution in [1.29, 1.82) is 0 Å². The molecule has 0 aromatic rings. The lowest BCUT2D eigenvalue weighted by atomic mass is 9.80. The van der Waals surface area contributed by atoms with Gasteiger partial charge < -0.3 is 14.4 Å². The zero-order chi connectivity index (χ0) is 45.5. The van der Waals surface area contributed by atoms with Crippen LogP contribution in [0.15, 0.2) is 0 Å². The number of Topliss-reactive ketones (excluding diaryl/α,β-unsaturated/α-hetero) is 2. The van der Waals surface area contributed by atoms with Crippen molar-refractivity contribution in [1.82, 2.24) is 9.80 Å². The van der Waals surface area contributed by atoms with Crippen LogP contribution >= 0.6 is 0 Å². The zero-order valence-electron chi connectivity index (χ0n) is 40.6. The molecule has 338 valence electrons. The normalized spacial score (nSPS) is 17.9. The van der Waals surface area contributed by atoms with Gasteiger partial charge in [-0.2, -0.15) is 0 Å². The first-order chi connectivity index (χ1) is 26.0. The minimum atomic E-state index is -0.422. The van der Waals surface area contributed by atoms with E-state index in [4.69, 9.17) is 9.47 Å². The minimum Gasteiger partial charge on any atom is -0.456 e. The van der Waals surface area contributed by atoms with Crippen LogP contribution in [0.1, 0.15) is 189 Å². The highest BCUT2D eigenvalue weighted by Gasteiger charge is 2.42. The van der Waals surface area contributed by atoms with Crippen LogP contribution < -0.4 is 0 Å². The maximum absolute atomic E-state index is 12.2. The molecule has 2 unspecified atom stereocenters. The number of hydrogen-bond donors (Lipinski definition) is 0. The molecule has 2 heterocycles. The smallest absolute Gasteiger partial charge is 0.306 e. The van der Waals surface area contributed by atoms with Gasteiger partial charge in [0.1, 0.15) is 11.6 Å². The maximum Gasteiger partial charge on any atom is 0.306 e. The highest BCUT2D eigenvalue weighted by atomic mass is 16.5. The largest absolute Gasteiger partial charge is 0.456 e. The fraction of sp³-hybridized carbons (Fsp3) is 0.875. The summed E-state index contributed by atoms with van der Waals surface area (Å²) in [4.78, 5) is 74.7. The molecule has 0 aromatic heterocycles. The summed E-state index contributed by atoms with van der Waals surface area (Å²) in [6, 6.07) is 0. The quantitative estimate of drug-likeness (QED) is 0.125. The molecule has 0 radical (unpaired) electrons. The molecule has 2 rings (SSSR count). The summed E-state index contributed by atoms with van der Waals surface area (Å²) in [5, 5.41) is 0. The number of rotatable bonds is 14. The molecular formula is C48H88N2O8. The van der Waals surface area contributed by atoms with Crippen LogP contribution in [0, 0.1) is 44.3 Å². The second kappa shape index (κ2) is 23.4. The van der Waals surface area contributed by atoms with Crippen molar-refractivity contribution in [2.24, 2.45) is 44.3 Å². The first kappa shape index (κ1) is 55.4. The van der Waals surface area contributed by atoms with Gasteiger partial charge in [-0.05, 0) is 65.1 Å². The summed E-state index contributed by atoms with van der Waals surface area (Å²) in [7, 11) is 0. The van der Waals surface area contributed by atoms with E-state index in [9.17, 15) is 28.8 Å². The monoisotopic (exact) mass is 821 g/mol. The number of carbonyl (C=O) groups is 6. The Bertz CT molecular complexity index is 1330. The van der Waals surface area contributed by atoms with Gasteiger partial charge in [-0.1, -0.05) is 125 Å². The van der Waals surface area contributed by atoms with Crippen molar-refractivity contribution >= 4 is 35.3 Å². The molecule has 2 atom stereocenters. The maximum atomic E-state index is 12.2. The predicted molar refractivity (Wildman–Crippen MR) is 235 cm³/mol. The molecule has 2 fully saturated rings. The van der Waals surface area contributed by atoms with E-state index in [0.29, 0.717) is 62.4 Å². The van der Waals surface area contributed by atoms with Crippen LogP contribution in [-0.2, 0) is 38.2 Å². The number of amides is 3. The highest BCUT2D eigenvalue weighted by Crippen LogP contribution is 2.35. The van der Waals surface area contributed by atoms with Crippen LogP contribution in [0.4, 0.5) is 0 Å². The average Bonchev–Trinajstić information content (AvgIpc) is 3.68. The van der Waals surface area contributed by atoms with E-state index in [-0.39, 0.29) is 63.6 Å². The lowest BCUT2D eigenvalue weighted by Gasteiger charge is -2.27. The fourth-order valence-corrected chi connectivity index (χ4v) is 6.73. The molecule has 0 bridgehead atoms. The molecule has 2 aliphatic heterocycles. The number of imide groups is 1. The minimum absolute atomic E-state index is 0.0190. The summed E-state index contributed by atoms with van der Waals surface area (Å²) in [5.74, 6) is 0.138. The molecule has 0 N–H and O–H groups in total. The number of likely N-dealkylation sites (tertiary alicyclic amines) is 2.